The zero-order valence-electron chi connectivity index (χ0n) is 9.69. The standard InChI is InChI=1S/C9H6F8N2O2/c1-3(7(10,11)9(15,16)17)19-2-4(6(20)21)5(18)8(12,13)14/h2H,1,18H2,(H,20,21)/b5-4+,19-2-. The molecule has 0 fully saturated rings. The van der Waals surface area contributed by atoms with Gasteiger partial charge in [0.1, 0.15) is 17.0 Å². The molecule has 0 heterocycles. The van der Waals surface area contributed by atoms with E-state index in [1.54, 1.807) is 0 Å². The van der Waals surface area contributed by atoms with Crippen LogP contribution >= 0.6 is 0 Å². The van der Waals surface area contributed by atoms with Crippen molar-refractivity contribution in [3.8, 4) is 0 Å². The van der Waals surface area contributed by atoms with Crippen LogP contribution in [0.2, 0.25) is 0 Å². The van der Waals surface area contributed by atoms with Crippen molar-refractivity contribution in [2.24, 2.45) is 10.7 Å². The van der Waals surface area contributed by atoms with Crippen LogP contribution in [0.4, 0.5) is 35.1 Å². The van der Waals surface area contributed by atoms with E-state index in [1.807, 2.05) is 0 Å². The van der Waals surface area contributed by atoms with Crippen LogP contribution in [0, 0.1) is 0 Å². The highest BCUT2D eigenvalue weighted by atomic mass is 19.4. The first-order valence-corrected chi connectivity index (χ1v) is 4.60. The molecule has 4 nitrogen and oxygen atoms in total. The van der Waals surface area contributed by atoms with E-state index >= 15 is 0 Å². The highest BCUT2D eigenvalue weighted by molar-refractivity contribution is 6.09. The topological polar surface area (TPSA) is 75.7 Å². The molecule has 21 heavy (non-hydrogen) atoms. The number of carboxylic acid groups (broad SMARTS) is 1. The summed E-state index contributed by atoms with van der Waals surface area (Å²) in [6.07, 6.45) is -11.8. The molecule has 0 radical (unpaired) electrons. The molecule has 0 aliphatic rings. The van der Waals surface area contributed by atoms with Gasteiger partial charge in [0.25, 0.3) is 0 Å². The number of allylic oxidation sites excluding steroid dienone is 2. The van der Waals surface area contributed by atoms with Gasteiger partial charge in [0.05, 0.1) is 0 Å². The summed E-state index contributed by atoms with van der Waals surface area (Å²) in [6, 6.07) is 0. The molecule has 0 bridgehead atoms. The van der Waals surface area contributed by atoms with E-state index in [2.05, 4.69) is 17.3 Å². The Balaban J connectivity index is 5.62. The number of alkyl halides is 8. The van der Waals surface area contributed by atoms with Crippen molar-refractivity contribution in [2.45, 2.75) is 18.3 Å². The number of hydrogen-bond donors (Lipinski definition) is 2. The predicted octanol–water partition coefficient (Wildman–Crippen LogP) is 2.63. The molecule has 0 unspecified atom stereocenters. The fourth-order valence-corrected chi connectivity index (χ4v) is 0.780. The first-order valence-electron chi connectivity index (χ1n) is 4.60. The maximum Gasteiger partial charge on any atom is 0.459 e. The van der Waals surface area contributed by atoms with Crippen LogP contribution in [-0.2, 0) is 4.79 Å². The molecule has 0 spiro atoms. The Bertz CT molecular complexity index is 501. The second-order valence-corrected chi connectivity index (χ2v) is 3.41. The van der Waals surface area contributed by atoms with Crippen LogP contribution in [0.1, 0.15) is 0 Å². The molecule has 3 N–H and O–H groups in total. The van der Waals surface area contributed by atoms with Crippen molar-refractivity contribution in [3.05, 3.63) is 23.5 Å². The lowest BCUT2D eigenvalue weighted by Crippen LogP contribution is -2.37. The van der Waals surface area contributed by atoms with E-state index in [4.69, 9.17) is 5.11 Å². The van der Waals surface area contributed by atoms with Crippen molar-refractivity contribution in [1.82, 2.24) is 0 Å². The largest absolute Gasteiger partial charge is 0.478 e. The molecular formula is C9H6F8N2O2. The number of nitrogens with zero attached hydrogens (tertiary/aromatic N) is 1. The summed E-state index contributed by atoms with van der Waals surface area (Å²) in [5.41, 5.74) is -1.80. The average Bonchev–Trinajstić information content (AvgIpc) is 2.25. The number of aliphatic carboxylic acids is 1. The summed E-state index contributed by atoms with van der Waals surface area (Å²) in [5.74, 6) is -7.86. The maximum absolute atomic E-state index is 12.7. The molecule has 0 aliphatic carbocycles. The van der Waals surface area contributed by atoms with Crippen LogP contribution in [0.5, 0.6) is 0 Å². The normalized spacial score (nSPS) is 15.0. The summed E-state index contributed by atoms with van der Waals surface area (Å²) >= 11 is 0. The Kier molecular flexibility index (Phi) is 5.11. The number of rotatable bonds is 4. The Morgan fingerprint density at radius 3 is 1.81 bits per heavy atom. The molecule has 0 rings (SSSR count). The third-order valence-corrected chi connectivity index (χ3v) is 1.89. The number of carboxylic acids is 1. The molecule has 120 valence electrons. The second-order valence-electron chi connectivity index (χ2n) is 3.41. The van der Waals surface area contributed by atoms with Crippen molar-refractivity contribution in [3.63, 3.8) is 0 Å². The van der Waals surface area contributed by atoms with Crippen LogP contribution in [0.3, 0.4) is 0 Å². The molecule has 12 heteroatoms. The van der Waals surface area contributed by atoms with Gasteiger partial charge in [-0.25, -0.2) is 4.79 Å². The van der Waals surface area contributed by atoms with Crippen LogP contribution in [-0.4, -0.2) is 35.6 Å². The van der Waals surface area contributed by atoms with E-state index in [0.717, 1.165) is 0 Å². The van der Waals surface area contributed by atoms with E-state index in [-0.39, 0.29) is 6.21 Å². The van der Waals surface area contributed by atoms with E-state index in [1.165, 1.54) is 0 Å². The zero-order chi connectivity index (χ0) is 17.2. The lowest BCUT2D eigenvalue weighted by atomic mass is 10.2. The van der Waals surface area contributed by atoms with Gasteiger partial charge in [-0.3, -0.25) is 4.99 Å². The van der Waals surface area contributed by atoms with Gasteiger partial charge in [-0.15, -0.1) is 0 Å². The average molecular weight is 326 g/mol. The third-order valence-electron chi connectivity index (χ3n) is 1.89. The molecule has 0 aromatic carbocycles. The molecule has 0 aromatic heterocycles. The minimum Gasteiger partial charge on any atom is -0.478 e. The first-order chi connectivity index (χ1) is 9.12. The SMILES string of the molecule is C=C(/N=C\C(C(=O)O)=C(/N)C(F)(F)F)C(F)(F)C(F)(F)F. The summed E-state index contributed by atoms with van der Waals surface area (Å²) in [5, 5.41) is 8.41. The Morgan fingerprint density at radius 2 is 1.52 bits per heavy atom. The summed E-state index contributed by atoms with van der Waals surface area (Å²) in [6.45, 7) is 2.24. The Hall–Kier alpha value is -2.14. The van der Waals surface area contributed by atoms with Gasteiger partial charge in [-0.05, 0) is 0 Å². The lowest BCUT2D eigenvalue weighted by molar-refractivity contribution is -0.264. The highest BCUT2D eigenvalue weighted by Gasteiger charge is 2.59. The third kappa shape index (κ3) is 4.43. The monoisotopic (exact) mass is 326 g/mol. The van der Waals surface area contributed by atoms with Crippen molar-refractivity contribution in [1.29, 1.82) is 0 Å². The van der Waals surface area contributed by atoms with Gasteiger partial charge in [0.15, 0.2) is 0 Å². The van der Waals surface area contributed by atoms with Gasteiger partial charge in [0.2, 0.25) is 0 Å². The number of halogens is 8. The number of carbonyl (C=O) groups is 1. The molecule has 0 saturated heterocycles. The molecule has 0 saturated carbocycles. The van der Waals surface area contributed by atoms with Gasteiger partial charge in [-0.2, -0.15) is 35.1 Å². The number of hydrogen-bond acceptors (Lipinski definition) is 3. The molecule has 0 amide bonds. The van der Waals surface area contributed by atoms with Gasteiger partial charge in [-0.1, -0.05) is 6.58 Å². The predicted molar refractivity (Wildman–Crippen MR) is 53.5 cm³/mol. The van der Waals surface area contributed by atoms with E-state index in [9.17, 15) is 39.9 Å². The number of aliphatic imine (C=N–C) groups is 1. The summed E-state index contributed by atoms with van der Waals surface area (Å²) in [4.78, 5) is 12.8. The quantitative estimate of drug-likeness (QED) is 0.474. The minimum atomic E-state index is -6.09. The molecule has 0 aliphatic heterocycles. The molecule has 0 aromatic rings. The van der Waals surface area contributed by atoms with Crippen LogP contribution in [0.15, 0.2) is 28.5 Å². The number of nitrogens with two attached hydrogens (primary N) is 1. The zero-order valence-corrected chi connectivity index (χ0v) is 9.69. The van der Waals surface area contributed by atoms with Crippen LogP contribution in [0.25, 0.3) is 0 Å². The smallest absolute Gasteiger partial charge is 0.459 e. The van der Waals surface area contributed by atoms with Gasteiger partial charge >= 0.3 is 24.2 Å². The van der Waals surface area contributed by atoms with Crippen molar-refractivity contribution < 1.29 is 45.0 Å². The van der Waals surface area contributed by atoms with Gasteiger partial charge < -0.3 is 10.8 Å². The summed E-state index contributed by atoms with van der Waals surface area (Å²) < 4.78 is 97.4. The highest BCUT2D eigenvalue weighted by Crippen LogP contribution is 2.40. The Labute approximate surface area is 111 Å². The van der Waals surface area contributed by atoms with Crippen LogP contribution < -0.4 is 5.73 Å². The molecular weight excluding hydrogens is 320 g/mol. The van der Waals surface area contributed by atoms with Crippen molar-refractivity contribution in [2.75, 3.05) is 0 Å². The fourth-order valence-electron chi connectivity index (χ4n) is 0.780. The Morgan fingerprint density at radius 1 is 1.10 bits per heavy atom. The maximum atomic E-state index is 12.7. The van der Waals surface area contributed by atoms with Gasteiger partial charge in [0, 0.05) is 6.21 Å². The first kappa shape index (κ1) is 18.9. The summed E-state index contributed by atoms with van der Waals surface area (Å²) in [7, 11) is 0. The second kappa shape index (κ2) is 5.69. The fraction of sp³-hybridized carbons (Fsp3) is 0.333. The van der Waals surface area contributed by atoms with E-state index in [0.29, 0.717) is 0 Å². The molecule has 0 atom stereocenters. The van der Waals surface area contributed by atoms with Crippen molar-refractivity contribution >= 4 is 12.2 Å². The minimum absolute atomic E-state index is 0.382. The van der Waals surface area contributed by atoms with E-state index < -0.39 is 41.2 Å². The lowest BCUT2D eigenvalue weighted by Gasteiger charge is -2.18.